The molecule has 0 saturated carbocycles. The van der Waals surface area contributed by atoms with Gasteiger partial charge in [0.15, 0.2) is 0 Å². The van der Waals surface area contributed by atoms with Gasteiger partial charge in [-0.15, -0.1) is 12.4 Å². The summed E-state index contributed by atoms with van der Waals surface area (Å²) in [7, 11) is 0. The molecule has 2 aromatic carbocycles. The number of hydrogen-bond donors (Lipinski definition) is 2. The molecule has 27 heavy (non-hydrogen) atoms. The van der Waals surface area contributed by atoms with Gasteiger partial charge in [-0.1, -0.05) is 48.5 Å². The Labute approximate surface area is 166 Å². The van der Waals surface area contributed by atoms with Crippen molar-refractivity contribution in [1.29, 1.82) is 0 Å². The highest BCUT2D eigenvalue weighted by atomic mass is 35.5. The Hall–Kier alpha value is -2.08. The van der Waals surface area contributed by atoms with Crippen LogP contribution in [-0.2, 0) is 26.1 Å². The molecule has 1 saturated heterocycles. The van der Waals surface area contributed by atoms with Crippen molar-refractivity contribution >= 4 is 18.5 Å². The first-order chi connectivity index (χ1) is 12.7. The maximum absolute atomic E-state index is 11.6. The molecule has 0 bridgehead atoms. The Morgan fingerprint density at radius 2 is 1.81 bits per heavy atom. The van der Waals surface area contributed by atoms with Crippen LogP contribution in [0, 0.1) is 0 Å². The lowest BCUT2D eigenvalue weighted by Crippen LogP contribution is -2.55. The number of carboxylic acid groups (broad SMARTS) is 1. The molecule has 2 heterocycles. The minimum atomic E-state index is -0.811. The average Bonchev–Trinajstić information content (AvgIpc) is 3.10. The lowest BCUT2D eigenvalue weighted by Gasteiger charge is -2.40. The van der Waals surface area contributed by atoms with Crippen LogP contribution in [-0.4, -0.2) is 46.7 Å². The molecule has 2 aliphatic heterocycles. The van der Waals surface area contributed by atoms with Gasteiger partial charge >= 0.3 is 6.09 Å². The summed E-state index contributed by atoms with van der Waals surface area (Å²) < 4.78 is 0. The molecule has 0 radical (unpaired) electrons. The summed E-state index contributed by atoms with van der Waals surface area (Å²) in [5.74, 6) is 0. The van der Waals surface area contributed by atoms with Crippen LogP contribution in [0.25, 0.3) is 0 Å². The summed E-state index contributed by atoms with van der Waals surface area (Å²) in [6, 6.07) is 16.9. The zero-order chi connectivity index (χ0) is 17.9. The van der Waals surface area contributed by atoms with Gasteiger partial charge < -0.3 is 15.3 Å². The largest absolute Gasteiger partial charge is 0.465 e. The molecule has 1 amide bonds. The molecule has 0 aromatic heterocycles. The van der Waals surface area contributed by atoms with E-state index in [-0.39, 0.29) is 18.4 Å². The van der Waals surface area contributed by atoms with Gasteiger partial charge in [0.05, 0.1) is 6.04 Å². The molecule has 5 nitrogen and oxygen atoms in total. The number of hydrogen-bond acceptors (Lipinski definition) is 3. The fourth-order valence-corrected chi connectivity index (χ4v) is 4.08. The molecule has 0 spiro atoms. The van der Waals surface area contributed by atoms with Gasteiger partial charge in [-0.3, -0.25) is 4.90 Å². The monoisotopic (exact) mass is 387 g/mol. The highest BCUT2D eigenvalue weighted by Crippen LogP contribution is 2.21. The Balaban J connectivity index is 0.00000210. The molecule has 6 heteroatoms. The number of halogens is 1. The smallest absolute Gasteiger partial charge is 0.407 e. The van der Waals surface area contributed by atoms with Crippen molar-refractivity contribution < 1.29 is 9.90 Å². The van der Waals surface area contributed by atoms with E-state index in [0.29, 0.717) is 6.54 Å². The Morgan fingerprint density at radius 3 is 2.59 bits per heavy atom. The summed E-state index contributed by atoms with van der Waals surface area (Å²) in [6.07, 6.45) is -0.0493. The number of piperazine rings is 1. The van der Waals surface area contributed by atoms with E-state index in [1.165, 1.54) is 22.3 Å². The Kier molecular flexibility index (Phi) is 6.37. The van der Waals surface area contributed by atoms with E-state index in [4.69, 9.17) is 0 Å². The van der Waals surface area contributed by atoms with Crippen LogP contribution in [0.1, 0.15) is 22.3 Å². The third-order valence-electron chi connectivity index (χ3n) is 5.43. The van der Waals surface area contributed by atoms with Crippen molar-refractivity contribution in [2.75, 3.05) is 19.6 Å². The minimum Gasteiger partial charge on any atom is -0.465 e. The Bertz CT molecular complexity index is 784. The van der Waals surface area contributed by atoms with Crippen LogP contribution in [0.15, 0.2) is 48.5 Å². The molecule has 2 N–H and O–H groups in total. The summed E-state index contributed by atoms with van der Waals surface area (Å²) >= 11 is 0. The molecule has 1 atom stereocenters. The van der Waals surface area contributed by atoms with Gasteiger partial charge in [0, 0.05) is 39.3 Å². The van der Waals surface area contributed by atoms with Gasteiger partial charge in [0.25, 0.3) is 0 Å². The molecule has 144 valence electrons. The van der Waals surface area contributed by atoms with E-state index in [9.17, 15) is 9.90 Å². The maximum atomic E-state index is 11.6. The van der Waals surface area contributed by atoms with Gasteiger partial charge in [-0.25, -0.2) is 4.79 Å². The van der Waals surface area contributed by atoms with E-state index in [0.717, 1.165) is 39.1 Å². The molecule has 1 fully saturated rings. The summed E-state index contributed by atoms with van der Waals surface area (Å²) in [5.41, 5.74) is 5.29. The van der Waals surface area contributed by atoms with Crippen LogP contribution in [0.3, 0.4) is 0 Å². The number of nitrogens with one attached hydrogen (secondary N) is 1. The number of rotatable bonds is 4. The second-order valence-corrected chi connectivity index (χ2v) is 7.26. The average molecular weight is 388 g/mol. The van der Waals surface area contributed by atoms with Crippen LogP contribution < -0.4 is 5.32 Å². The first kappa shape index (κ1) is 19.7. The standard InChI is InChI=1S/C21H25N3O2.ClH/c25-21(26)24-9-8-23(15-20(24)11-16-4-2-1-3-5-16)14-17-6-7-18-12-22-13-19(18)10-17;/h1-7,10,20,22H,8-9,11-15H2,(H,25,26);1H. The van der Waals surface area contributed by atoms with Gasteiger partial charge in [-0.05, 0) is 28.7 Å². The number of nitrogens with zero attached hydrogens (tertiary/aromatic N) is 2. The third-order valence-corrected chi connectivity index (χ3v) is 5.43. The van der Waals surface area contributed by atoms with Gasteiger partial charge in [0.1, 0.15) is 0 Å². The second kappa shape index (κ2) is 8.74. The molecule has 2 aliphatic rings. The van der Waals surface area contributed by atoms with Crippen LogP contribution in [0.2, 0.25) is 0 Å². The molecule has 2 aromatic rings. The van der Waals surface area contributed by atoms with E-state index in [1.54, 1.807) is 4.90 Å². The van der Waals surface area contributed by atoms with E-state index >= 15 is 0 Å². The molecule has 1 unspecified atom stereocenters. The van der Waals surface area contributed by atoms with Crippen molar-refractivity contribution in [1.82, 2.24) is 15.1 Å². The number of fused-ring (bicyclic) bond motifs is 1. The number of benzene rings is 2. The van der Waals surface area contributed by atoms with Crippen molar-refractivity contribution in [2.24, 2.45) is 0 Å². The quantitative estimate of drug-likeness (QED) is 0.846. The number of carbonyl (C=O) groups is 1. The van der Waals surface area contributed by atoms with E-state index < -0.39 is 6.09 Å². The first-order valence-corrected chi connectivity index (χ1v) is 9.26. The zero-order valence-electron chi connectivity index (χ0n) is 15.3. The van der Waals surface area contributed by atoms with E-state index in [1.807, 2.05) is 18.2 Å². The van der Waals surface area contributed by atoms with Crippen molar-refractivity contribution in [2.45, 2.75) is 32.1 Å². The van der Waals surface area contributed by atoms with Crippen molar-refractivity contribution in [3.63, 3.8) is 0 Å². The predicted octanol–water partition coefficient (Wildman–Crippen LogP) is 3.12. The maximum Gasteiger partial charge on any atom is 0.407 e. The van der Waals surface area contributed by atoms with Crippen LogP contribution in [0.5, 0.6) is 0 Å². The molecule has 0 aliphatic carbocycles. The highest BCUT2D eigenvalue weighted by Gasteiger charge is 2.30. The fourth-order valence-electron chi connectivity index (χ4n) is 4.08. The van der Waals surface area contributed by atoms with Crippen molar-refractivity contribution in [3.05, 3.63) is 70.8 Å². The summed E-state index contributed by atoms with van der Waals surface area (Å²) in [4.78, 5) is 15.6. The molecular formula is C21H26ClN3O2. The van der Waals surface area contributed by atoms with Gasteiger partial charge in [-0.2, -0.15) is 0 Å². The SMILES string of the molecule is Cl.O=C(O)N1CCN(Cc2ccc3c(c2)CNC3)CC1Cc1ccccc1. The minimum absolute atomic E-state index is 0. The number of amides is 1. The highest BCUT2D eigenvalue weighted by molar-refractivity contribution is 5.85. The first-order valence-electron chi connectivity index (χ1n) is 9.26. The Morgan fingerprint density at radius 1 is 1.04 bits per heavy atom. The summed E-state index contributed by atoms with van der Waals surface area (Å²) in [5, 5.41) is 13.0. The fraction of sp³-hybridized carbons (Fsp3) is 0.381. The van der Waals surface area contributed by atoms with Crippen LogP contribution in [0.4, 0.5) is 4.79 Å². The summed E-state index contributed by atoms with van der Waals surface area (Å²) in [6.45, 7) is 4.92. The third kappa shape index (κ3) is 4.61. The topological polar surface area (TPSA) is 55.8 Å². The lowest BCUT2D eigenvalue weighted by molar-refractivity contribution is 0.0645. The zero-order valence-corrected chi connectivity index (χ0v) is 16.1. The molecule has 4 rings (SSSR count). The predicted molar refractivity (Wildman–Crippen MR) is 108 cm³/mol. The van der Waals surface area contributed by atoms with Crippen molar-refractivity contribution in [3.8, 4) is 0 Å². The van der Waals surface area contributed by atoms with Gasteiger partial charge in [0.2, 0.25) is 0 Å². The van der Waals surface area contributed by atoms with E-state index in [2.05, 4.69) is 40.5 Å². The lowest BCUT2D eigenvalue weighted by atomic mass is 10.0. The van der Waals surface area contributed by atoms with Crippen LogP contribution >= 0.6 is 12.4 Å². The normalized spacial score (nSPS) is 19.4. The molecular weight excluding hydrogens is 362 g/mol. The second-order valence-electron chi connectivity index (χ2n) is 7.26.